The van der Waals surface area contributed by atoms with Gasteiger partial charge in [0.05, 0.1) is 13.2 Å². The Morgan fingerprint density at radius 1 is 1.22 bits per heavy atom. The van der Waals surface area contributed by atoms with Crippen LogP contribution in [0.1, 0.15) is 25.0 Å². The van der Waals surface area contributed by atoms with Crippen molar-refractivity contribution < 1.29 is 9.47 Å². The number of hydrogen-bond donors (Lipinski definition) is 1. The van der Waals surface area contributed by atoms with Gasteiger partial charge in [-0.05, 0) is 32.4 Å². The molecule has 0 unspecified atom stereocenters. The van der Waals surface area contributed by atoms with Crippen LogP contribution in [-0.4, -0.2) is 51.3 Å². The number of hydrogen-bond acceptors (Lipinski definition) is 3. The highest BCUT2D eigenvalue weighted by Gasteiger charge is 2.06. The van der Waals surface area contributed by atoms with E-state index in [9.17, 15) is 0 Å². The number of aliphatic imine (C=N–C) groups is 1. The van der Waals surface area contributed by atoms with Crippen LogP contribution in [0.4, 0.5) is 0 Å². The van der Waals surface area contributed by atoms with Gasteiger partial charge in [-0.2, -0.15) is 0 Å². The summed E-state index contributed by atoms with van der Waals surface area (Å²) in [7, 11) is 3.96. The van der Waals surface area contributed by atoms with E-state index in [1.807, 2.05) is 25.9 Å². The molecule has 0 bridgehead atoms. The Morgan fingerprint density at radius 2 is 1.96 bits per heavy atom. The number of ether oxygens (including phenoxy) is 2. The maximum Gasteiger partial charge on any atom is 0.193 e. The van der Waals surface area contributed by atoms with Crippen LogP contribution < -0.4 is 10.1 Å². The van der Waals surface area contributed by atoms with E-state index >= 15 is 0 Å². The fourth-order valence-electron chi connectivity index (χ4n) is 1.96. The monoisotopic (exact) mass is 435 g/mol. The average molecular weight is 435 g/mol. The van der Waals surface area contributed by atoms with Gasteiger partial charge < -0.3 is 19.7 Å². The molecule has 1 aromatic carbocycles. The summed E-state index contributed by atoms with van der Waals surface area (Å²) in [5, 5.41) is 3.26. The Morgan fingerprint density at radius 3 is 2.57 bits per heavy atom. The van der Waals surface area contributed by atoms with E-state index in [0.717, 1.165) is 23.8 Å². The van der Waals surface area contributed by atoms with Crippen LogP contribution in [0.2, 0.25) is 0 Å². The van der Waals surface area contributed by atoms with E-state index in [4.69, 9.17) is 9.47 Å². The van der Waals surface area contributed by atoms with Crippen LogP contribution >= 0.6 is 24.0 Å². The van der Waals surface area contributed by atoms with Crippen molar-refractivity contribution in [2.75, 3.05) is 40.5 Å². The molecule has 0 spiro atoms. The van der Waals surface area contributed by atoms with E-state index in [1.54, 1.807) is 0 Å². The van der Waals surface area contributed by atoms with Crippen LogP contribution in [0.5, 0.6) is 5.75 Å². The predicted octanol–water partition coefficient (Wildman–Crippen LogP) is 3.06. The molecular formula is C17H30IN3O2. The zero-order chi connectivity index (χ0) is 16.4. The molecule has 0 aromatic heterocycles. The summed E-state index contributed by atoms with van der Waals surface area (Å²) >= 11 is 0. The molecule has 0 amide bonds. The summed E-state index contributed by atoms with van der Waals surface area (Å²) in [5.41, 5.74) is 2.26. The van der Waals surface area contributed by atoms with Crippen LogP contribution in [0.3, 0.4) is 0 Å². The highest BCUT2D eigenvalue weighted by atomic mass is 127. The smallest absolute Gasteiger partial charge is 0.193 e. The van der Waals surface area contributed by atoms with Gasteiger partial charge in [-0.1, -0.05) is 12.1 Å². The lowest BCUT2D eigenvalue weighted by molar-refractivity contribution is 0.110. The van der Waals surface area contributed by atoms with E-state index in [-0.39, 0.29) is 24.0 Å². The van der Waals surface area contributed by atoms with E-state index in [1.165, 1.54) is 5.56 Å². The normalized spacial score (nSPS) is 10.9. The molecule has 132 valence electrons. The number of nitrogens with one attached hydrogen (secondary N) is 1. The fraction of sp³-hybridized carbons (Fsp3) is 0.588. The van der Waals surface area contributed by atoms with Gasteiger partial charge in [0, 0.05) is 32.8 Å². The Kier molecular flexibility index (Phi) is 11.9. The minimum absolute atomic E-state index is 0. The molecule has 0 aliphatic rings. The van der Waals surface area contributed by atoms with Gasteiger partial charge in [-0.3, -0.25) is 0 Å². The molecule has 0 radical (unpaired) electrons. The second kappa shape index (κ2) is 12.4. The third-order valence-corrected chi connectivity index (χ3v) is 3.07. The van der Waals surface area contributed by atoms with Crippen molar-refractivity contribution in [2.24, 2.45) is 4.99 Å². The first kappa shape index (κ1) is 22.0. The molecular weight excluding hydrogens is 405 g/mol. The Labute approximate surface area is 157 Å². The Balaban J connectivity index is 0.00000484. The quantitative estimate of drug-likeness (QED) is 0.295. The van der Waals surface area contributed by atoms with Gasteiger partial charge in [0.25, 0.3) is 0 Å². The van der Waals surface area contributed by atoms with Crippen molar-refractivity contribution in [1.82, 2.24) is 10.2 Å². The lowest BCUT2D eigenvalue weighted by Gasteiger charge is -2.17. The molecule has 6 heteroatoms. The fourth-order valence-corrected chi connectivity index (χ4v) is 1.96. The molecule has 0 aliphatic heterocycles. The van der Waals surface area contributed by atoms with Gasteiger partial charge in [-0.25, -0.2) is 4.99 Å². The zero-order valence-electron chi connectivity index (χ0n) is 14.9. The summed E-state index contributed by atoms with van der Waals surface area (Å²) in [6.07, 6.45) is 0. The van der Waals surface area contributed by atoms with Gasteiger partial charge in [0.15, 0.2) is 5.96 Å². The van der Waals surface area contributed by atoms with E-state index < -0.39 is 0 Å². The molecule has 1 rings (SSSR count). The van der Waals surface area contributed by atoms with Crippen LogP contribution in [0.15, 0.2) is 23.2 Å². The van der Waals surface area contributed by atoms with Crippen molar-refractivity contribution in [3.63, 3.8) is 0 Å². The second-order valence-corrected chi connectivity index (χ2v) is 5.22. The Bertz CT molecular complexity index is 479. The first-order chi connectivity index (χ1) is 10.6. The minimum Gasteiger partial charge on any atom is -0.491 e. The summed E-state index contributed by atoms with van der Waals surface area (Å²) < 4.78 is 11.2. The standard InChI is InChI=1S/C17H29N3O2.HI/c1-6-18-17(20(4)5)19-13-15-9-8-14(3)12-16(15)22-11-10-21-7-2;/h8-9,12H,6-7,10-11,13H2,1-5H3,(H,18,19);1H. The molecule has 5 nitrogen and oxygen atoms in total. The molecule has 1 aromatic rings. The number of aryl methyl sites for hydroxylation is 1. The summed E-state index contributed by atoms with van der Waals surface area (Å²) in [4.78, 5) is 6.62. The number of nitrogens with zero attached hydrogens (tertiary/aromatic N) is 2. The number of guanidine groups is 1. The molecule has 0 saturated heterocycles. The topological polar surface area (TPSA) is 46.1 Å². The molecule has 0 heterocycles. The number of halogens is 1. The van der Waals surface area contributed by atoms with Crippen LogP contribution in [0, 0.1) is 6.92 Å². The van der Waals surface area contributed by atoms with Crippen molar-refractivity contribution in [3.8, 4) is 5.75 Å². The molecule has 0 saturated carbocycles. The first-order valence-corrected chi connectivity index (χ1v) is 7.84. The maximum atomic E-state index is 5.84. The Hall–Kier alpha value is -1.02. The second-order valence-electron chi connectivity index (χ2n) is 5.22. The summed E-state index contributed by atoms with van der Waals surface area (Å²) in [6.45, 7) is 9.42. The maximum absolute atomic E-state index is 5.84. The lowest BCUT2D eigenvalue weighted by atomic mass is 10.1. The minimum atomic E-state index is 0. The van der Waals surface area contributed by atoms with Gasteiger partial charge in [0.2, 0.25) is 0 Å². The SMILES string of the molecule is CCNC(=NCc1ccc(C)cc1OCCOCC)N(C)C.I. The highest BCUT2D eigenvalue weighted by Crippen LogP contribution is 2.21. The highest BCUT2D eigenvalue weighted by molar-refractivity contribution is 14.0. The average Bonchev–Trinajstić information content (AvgIpc) is 2.49. The molecule has 1 N–H and O–H groups in total. The summed E-state index contributed by atoms with van der Waals surface area (Å²) in [5.74, 6) is 1.77. The number of rotatable bonds is 8. The van der Waals surface area contributed by atoms with E-state index in [0.29, 0.717) is 26.4 Å². The summed E-state index contributed by atoms with van der Waals surface area (Å²) in [6, 6.07) is 6.22. The third-order valence-electron chi connectivity index (χ3n) is 3.07. The molecule has 23 heavy (non-hydrogen) atoms. The molecule has 0 atom stereocenters. The van der Waals surface area contributed by atoms with Crippen molar-refractivity contribution in [2.45, 2.75) is 27.3 Å². The van der Waals surface area contributed by atoms with Crippen LogP contribution in [0.25, 0.3) is 0 Å². The number of benzene rings is 1. The third kappa shape index (κ3) is 8.41. The van der Waals surface area contributed by atoms with Gasteiger partial charge in [-0.15, -0.1) is 24.0 Å². The molecule has 0 aliphatic carbocycles. The van der Waals surface area contributed by atoms with Gasteiger partial charge >= 0.3 is 0 Å². The first-order valence-electron chi connectivity index (χ1n) is 7.84. The van der Waals surface area contributed by atoms with E-state index in [2.05, 4.69) is 42.4 Å². The van der Waals surface area contributed by atoms with Crippen molar-refractivity contribution >= 4 is 29.9 Å². The van der Waals surface area contributed by atoms with Crippen molar-refractivity contribution in [1.29, 1.82) is 0 Å². The zero-order valence-corrected chi connectivity index (χ0v) is 17.2. The molecule has 0 fully saturated rings. The lowest BCUT2D eigenvalue weighted by Crippen LogP contribution is -2.36. The van der Waals surface area contributed by atoms with Crippen LogP contribution in [-0.2, 0) is 11.3 Å². The predicted molar refractivity (Wildman–Crippen MR) is 107 cm³/mol. The van der Waals surface area contributed by atoms with Crippen molar-refractivity contribution in [3.05, 3.63) is 29.3 Å². The largest absolute Gasteiger partial charge is 0.491 e. The van der Waals surface area contributed by atoms with Gasteiger partial charge in [0.1, 0.15) is 12.4 Å².